The number of carbonyl (C=O) groups is 2. The molecular formula is C24H29N5O6S. The molecule has 192 valence electrons. The van der Waals surface area contributed by atoms with E-state index in [2.05, 4.69) is 10.1 Å². The van der Waals surface area contributed by atoms with Gasteiger partial charge < -0.3 is 15.0 Å². The third-order valence-electron chi connectivity index (χ3n) is 6.68. The van der Waals surface area contributed by atoms with Gasteiger partial charge in [-0.15, -0.1) is 0 Å². The molecule has 0 bridgehead atoms. The Morgan fingerprint density at radius 1 is 1.17 bits per heavy atom. The lowest BCUT2D eigenvalue weighted by atomic mass is 10.1. The van der Waals surface area contributed by atoms with Gasteiger partial charge >= 0.3 is 5.97 Å². The molecule has 4 heterocycles. The summed E-state index contributed by atoms with van der Waals surface area (Å²) >= 11 is 0. The molecule has 36 heavy (non-hydrogen) atoms. The predicted molar refractivity (Wildman–Crippen MR) is 133 cm³/mol. The number of carboxylic acids is 1. The third kappa shape index (κ3) is 4.65. The fourth-order valence-electron chi connectivity index (χ4n) is 4.78. The number of hydrogen-bond donors (Lipinski definition) is 2. The number of aromatic carboxylic acids is 1. The van der Waals surface area contributed by atoms with Crippen molar-refractivity contribution in [2.24, 2.45) is 0 Å². The van der Waals surface area contributed by atoms with Crippen LogP contribution in [0.2, 0.25) is 0 Å². The zero-order valence-corrected chi connectivity index (χ0v) is 21.3. The summed E-state index contributed by atoms with van der Waals surface area (Å²) < 4.78 is 28.6. The van der Waals surface area contributed by atoms with Gasteiger partial charge in [0.2, 0.25) is 10.0 Å². The summed E-state index contributed by atoms with van der Waals surface area (Å²) in [6.45, 7) is 5.90. The molecule has 0 saturated carbocycles. The Balaban J connectivity index is 1.45. The first kappa shape index (κ1) is 25.6. The van der Waals surface area contributed by atoms with Crippen molar-refractivity contribution in [1.29, 1.82) is 0 Å². The number of fused-ring (bicyclic) bond motifs is 1. The minimum Gasteiger partial charge on any atom is -0.478 e. The van der Waals surface area contributed by atoms with Crippen LogP contribution in [-0.4, -0.2) is 81.1 Å². The number of nitrogens with zero attached hydrogens (tertiary/aromatic N) is 4. The average molecular weight is 516 g/mol. The Kier molecular flexibility index (Phi) is 7.01. The molecule has 4 rings (SSSR count). The van der Waals surface area contributed by atoms with Crippen LogP contribution in [0.1, 0.15) is 50.2 Å². The minimum absolute atomic E-state index is 0.0212. The van der Waals surface area contributed by atoms with Crippen molar-refractivity contribution in [2.45, 2.75) is 33.6 Å². The summed E-state index contributed by atoms with van der Waals surface area (Å²) in [6.07, 6.45) is 2.26. The van der Waals surface area contributed by atoms with Gasteiger partial charge in [0.25, 0.3) is 11.5 Å². The van der Waals surface area contributed by atoms with E-state index >= 15 is 0 Å². The van der Waals surface area contributed by atoms with Crippen LogP contribution in [0.15, 0.2) is 29.2 Å². The molecule has 3 aromatic rings. The maximum atomic E-state index is 13.3. The fourth-order valence-corrected chi connectivity index (χ4v) is 6.23. The largest absolute Gasteiger partial charge is 0.478 e. The summed E-state index contributed by atoms with van der Waals surface area (Å²) in [5.74, 6) is -1.69. The number of aromatic nitrogens is 3. The average Bonchev–Trinajstić information content (AvgIpc) is 3.14. The minimum atomic E-state index is -3.61. The molecule has 1 amide bonds. The Labute approximate surface area is 208 Å². The molecule has 0 atom stereocenters. The van der Waals surface area contributed by atoms with Crippen LogP contribution in [-0.2, 0) is 22.9 Å². The lowest BCUT2D eigenvalue weighted by Gasteiger charge is -2.34. The predicted octanol–water partition coefficient (Wildman–Crippen LogP) is 1.23. The van der Waals surface area contributed by atoms with Gasteiger partial charge in [0, 0.05) is 50.1 Å². The highest BCUT2D eigenvalue weighted by atomic mass is 32.2. The van der Waals surface area contributed by atoms with E-state index in [-0.39, 0.29) is 55.2 Å². The summed E-state index contributed by atoms with van der Waals surface area (Å²) in [5.41, 5.74) is 2.75. The van der Waals surface area contributed by atoms with Crippen molar-refractivity contribution in [3.8, 4) is 0 Å². The van der Waals surface area contributed by atoms with Gasteiger partial charge in [-0.3, -0.25) is 9.59 Å². The number of hydrogen-bond acceptors (Lipinski definition) is 6. The van der Waals surface area contributed by atoms with Gasteiger partial charge in [-0.05, 0) is 49.6 Å². The van der Waals surface area contributed by atoms with E-state index in [0.717, 1.165) is 5.56 Å². The zero-order chi connectivity index (χ0) is 26.2. The molecule has 12 heteroatoms. The maximum absolute atomic E-state index is 13.3. The first-order valence-corrected chi connectivity index (χ1v) is 13.3. The van der Waals surface area contributed by atoms with Gasteiger partial charge in [-0.25, -0.2) is 17.7 Å². The SMILES string of the molecule is CCc1c(C)cc(CCS(=O)(=O)N2CCN(C(=O)c3c(C)c(C(=O)O)c4cccnn34)CC2)[nH]c1=O. The lowest BCUT2D eigenvalue weighted by molar-refractivity contribution is 0.0688. The van der Waals surface area contributed by atoms with E-state index in [1.807, 2.05) is 19.9 Å². The topological polar surface area (TPSA) is 145 Å². The molecule has 2 N–H and O–H groups in total. The number of rotatable bonds is 7. The number of aryl methyl sites for hydroxylation is 2. The number of pyridine rings is 1. The standard InChI is InChI=1S/C24H29N5O6S/c1-4-18-15(2)14-17(26-22(18)30)7-13-36(34,35)28-11-9-27(10-12-28)23(31)21-16(3)20(24(32)33)19-6-5-8-25-29(19)21/h5-6,8,14H,4,7,9-13H2,1-3H3,(H,26,30)(H,32,33). The van der Waals surface area contributed by atoms with Gasteiger partial charge in [0.1, 0.15) is 5.69 Å². The summed E-state index contributed by atoms with van der Waals surface area (Å²) in [4.78, 5) is 41.6. The van der Waals surface area contributed by atoms with E-state index in [1.165, 1.54) is 19.9 Å². The molecule has 0 radical (unpaired) electrons. The molecule has 0 aromatic carbocycles. The lowest BCUT2D eigenvalue weighted by Crippen LogP contribution is -2.51. The number of H-pyrrole nitrogens is 1. The molecule has 1 aliphatic rings. The molecular weight excluding hydrogens is 486 g/mol. The first-order chi connectivity index (χ1) is 17.0. The molecule has 1 aliphatic heterocycles. The number of piperazine rings is 1. The molecule has 1 fully saturated rings. The molecule has 3 aromatic heterocycles. The van der Waals surface area contributed by atoms with Crippen LogP contribution in [0, 0.1) is 13.8 Å². The molecule has 0 spiro atoms. The van der Waals surface area contributed by atoms with Crippen molar-refractivity contribution >= 4 is 27.4 Å². The molecule has 1 saturated heterocycles. The molecule has 0 unspecified atom stereocenters. The van der Waals surface area contributed by atoms with E-state index < -0.39 is 21.9 Å². The van der Waals surface area contributed by atoms with Gasteiger partial charge in [-0.2, -0.15) is 9.40 Å². The summed E-state index contributed by atoms with van der Waals surface area (Å²) in [6, 6.07) is 5.01. The Bertz CT molecular complexity index is 1500. The number of nitrogens with one attached hydrogen (secondary N) is 1. The number of aromatic amines is 1. The quantitative estimate of drug-likeness (QED) is 0.481. The van der Waals surface area contributed by atoms with Gasteiger partial charge in [0.05, 0.1) is 16.8 Å². The van der Waals surface area contributed by atoms with E-state index in [4.69, 9.17) is 0 Å². The number of carbonyl (C=O) groups excluding carboxylic acids is 1. The smallest absolute Gasteiger partial charge is 0.338 e. The highest BCUT2D eigenvalue weighted by Crippen LogP contribution is 2.24. The highest BCUT2D eigenvalue weighted by Gasteiger charge is 2.32. The van der Waals surface area contributed by atoms with Crippen LogP contribution < -0.4 is 5.56 Å². The zero-order valence-electron chi connectivity index (χ0n) is 20.4. The fraction of sp³-hybridized carbons (Fsp3) is 0.417. The maximum Gasteiger partial charge on any atom is 0.338 e. The Morgan fingerprint density at radius 2 is 1.86 bits per heavy atom. The van der Waals surface area contributed by atoms with Crippen LogP contribution in [0.3, 0.4) is 0 Å². The third-order valence-corrected chi connectivity index (χ3v) is 8.55. The monoisotopic (exact) mass is 515 g/mol. The second-order valence-electron chi connectivity index (χ2n) is 8.87. The highest BCUT2D eigenvalue weighted by molar-refractivity contribution is 7.89. The molecule has 0 aliphatic carbocycles. The van der Waals surface area contributed by atoms with Crippen LogP contribution in [0.5, 0.6) is 0 Å². The van der Waals surface area contributed by atoms with Gasteiger partial charge in [0.15, 0.2) is 0 Å². The van der Waals surface area contributed by atoms with E-state index in [0.29, 0.717) is 28.8 Å². The second kappa shape index (κ2) is 9.86. The molecule has 11 nitrogen and oxygen atoms in total. The summed E-state index contributed by atoms with van der Waals surface area (Å²) in [5, 5.41) is 13.8. The Hall–Kier alpha value is -3.51. The number of carboxylic acid groups (broad SMARTS) is 1. The second-order valence-corrected chi connectivity index (χ2v) is 11.0. The van der Waals surface area contributed by atoms with E-state index in [1.54, 1.807) is 19.1 Å². The normalized spacial score (nSPS) is 14.9. The number of sulfonamides is 1. The van der Waals surface area contributed by atoms with Crippen molar-refractivity contribution in [3.05, 3.63) is 68.4 Å². The van der Waals surface area contributed by atoms with Crippen molar-refractivity contribution < 1.29 is 23.1 Å². The van der Waals surface area contributed by atoms with Crippen LogP contribution >= 0.6 is 0 Å². The number of amides is 1. The van der Waals surface area contributed by atoms with E-state index in [9.17, 15) is 27.9 Å². The van der Waals surface area contributed by atoms with Crippen molar-refractivity contribution in [2.75, 3.05) is 31.9 Å². The first-order valence-electron chi connectivity index (χ1n) is 11.7. The summed E-state index contributed by atoms with van der Waals surface area (Å²) in [7, 11) is -3.61. The Morgan fingerprint density at radius 3 is 2.47 bits per heavy atom. The van der Waals surface area contributed by atoms with Gasteiger partial charge in [-0.1, -0.05) is 6.92 Å². The van der Waals surface area contributed by atoms with Crippen LogP contribution in [0.25, 0.3) is 5.52 Å². The van der Waals surface area contributed by atoms with Crippen molar-refractivity contribution in [3.63, 3.8) is 0 Å². The van der Waals surface area contributed by atoms with Crippen molar-refractivity contribution in [1.82, 2.24) is 23.8 Å². The van der Waals surface area contributed by atoms with Crippen LogP contribution in [0.4, 0.5) is 0 Å².